The molecule has 88 valence electrons. The van der Waals surface area contributed by atoms with Crippen LogP contribution < -0.4 is 10.0 Å². The van der Waals surface area contributed by atoms with Gasteiger partial charge in [-0.15, -0.1) is 0 Å². The van der Waals surface area contributed by atoms with E-state index >= 15 is 0 Å². The number of hydrogen-bond donors (Lipinski definition) is 2. The van der Waals surface area contributed by atoms with Crippen LogP contribution >= 0.6 is 0 Å². The molecule has 0 radical (unpaired) electrons. The number of sulfonamides is 1. The van der Waals surface area contributed by atoms with E-state index in [9.17, 15) is 8.42 Å². The Labute approximate surface area is 91.9 Å². The van der Waals surface area contributed by atoms with E-state index in [4.69, 9.17) is 0 Å². The molecular formula is C10H20N2O2S. The molecular weight excluding hydrogens is 212 g/mol. The minimum absolute atomic E-state index is 0.263. The van der Waals surface area contributed by atoms with E-state index in [1.807, 2.05) is 0 Å². The Morgan fingerprint density at radius 3 is 2.47 bits per heavy atom. The first kappa shape index (κ1) is 11.4. The second kappa shape index (κ2) is 4.80. The molecule has 0 atom stereocenters. The molecule has 0 aromatic carbocycles. The summed E-state index contributed by atoms with van der Waals surface area (Å²) in [5, 5.41) is 3.31. The van der Waals surface area contributed by atoms with Gasteiger partial charge >= 0.3 is 0 Å². The molecule has 2 aliphatic rings. The Morgan fingerprint density at radius 2 is 1.87 bits per heavy atom. The molecule has 0 unspecified atom stereocenters. The van der Waals surface area contributed by atoms with Crippen molar-refractivity contribution in [1.82, 2.24) is 10.0 Å². The molecule has 0 heterocycles. The van der Waals surface area contributed by atoms with Crippen molar-refractivity contribution in [3.8, 4) is 0 Å². The highest BCUT2D eigenvalue weighted by Crippen LogP contribution is 2.27. The molecule has 2 saturated carbocycles. The predicted molar refractivity (Wildman–Crippen MR) is 60.2 cm³/mol. The van der Waals surface area contributed by atoms with Gasteiger partial charge in [0.05, 0.1) is 5.75 Å². The predicted octanol–water partition coefficient (Wildman–Crippen LogP) is 0.458. The van der Waals surface area contributed by atoms with E-state index < -0.39 is 10.0 Å². The largest absolute Gasteiger partial charge is 0.314 e. The van der Waals surface area contributed by atoms with Gasteiger partial charge in [0.25, 0.3) is 0 Å². The number of rotatable bonds is 8. The summed E-state index contributed by atoms with van der Waals surface area (Å²) < 4.78 is 25.6. The van der Waals surface area contributed by atoms with Gasteiger partial charge in [-0.05, 0) is 44.6 Å². The van der Waals surface area contributed by atoms with Gasteiger partial charge in [-0.2, -0.15) is 0 Å². The summed E-state index contributed by atoms with van der Waals surface area (Å²) in [6, 6.07) is 0.673. The molecule has 0 amide bonds. The van der Waals surface area contributed by atoms with Crippen LogP contribution in [0.25, 0.3) is 0 Å². The Bertz CT molecular complexity index is 295. The van der Waals surface area contributed by atoms with Crippen LogP contribution in [0, 0.1) is 5.92 Å². The maximum absolute atomic E-state index is 11.5. The summed E-state index contributed by atoms with van der Waals surface area (Å²) in [7, 11) is -3.00. The lowest BCUT2D eigenvalue weighted by atomic mass is 10.4. The summed E-state index contributed by atoms with van der Waals surface area (Å²) in [5.41, 5.74) is 0. The average Bonchev–Trinajstić information content (AvgIpc) is 3.01. The molecule has 0 saturated heterocycles. The van der Waals surface area contributed by atoms with E-state index in [1.54, 1.807) is 0 Å². The minimum atomic E-state index is -3.00. The zero-order valence-electron chi connectivity index (χ0n) is 9.04. The van der Waals surface area contributed by atoms with Gasteiger partial charge in [0.2, 0.25) is 10.0 Å². The van der Waals surface area contributed by atoms with Crippen molar-refractivity contribution in [1.29, 1.82) is 0 Å². The molecule has 2 rings (SSSR count). The van der Waals surface area contributed by atoms with Crippen molar-refractivity contribution < 1.29 is 8.42 Å². The maximum Gasteiger partial charge on any atom is 0.211 e. The lowest BCUT2D eigenvalue weighted by Crippen LogP contribution is -2.30. The topological polar surface area (TPSA) is 58.2 Å². The van der Waals surface area contributed by atoms with Crippen LogP contribution in [0.3, 0.4) is 0 Å². The van der Waals surface area contributed by atoms with Crippen LogP contribution in [0.5, 0.6) is 0 Å². The lowest BCUT2D eigenvalue weighted by Gasteiger charge is -2.06. The standard InChI is InChI=1S/C10H20N2O2S/c13-15(14,12-8-9-2-3-9)7-1-6-11-10-4-5-10/h9-12H,1-8H2. The molecule has 15 heavy (non-hydrogen) atoms. The van der Waals surface area contributed by atoms with Gasteiger partial charge in [-0.3, -0.25) is 0 Å². The zero-order chi connectivity index (χ0) is 10.7. The summed E-state index contributed by atoms with van der Waals surface area (Å²) in [5.74, 6) is 0.878. The molecule has 4 nitrogen and oxygen atoms in total. The number of nitrogens with one attached hydrogen (secondary N) is 2. The second-order valence-electron chi connectivity index (χ2n) is 4.69. The van der Waals surface area contributed by atoms with Crippen LogP contribution in [0.4, 0.5) is 0 Å². The molecule has 2 fully saturated rings. The van der Waals surface area contributed by atoms with Crippen molar-refractivity contribution in [3.05, 3.63) is 0 Å². The molecule has 0 spiro atoms. The lowest BCUT2D eigenvalue weighted by molar-refractivity contribution is 0.571. The minimum Gasteiger partial charge on any atom is -0.314 e. The highest BCUT2D eigenvalue weighted by Gasteiger charge is 2.23. The fourth-order valence-corrected chi connectivity index (χ4v) is 2.65. The third-order valence-corrected chi connectivity index (χ3v) is 4.32. The first-order valence-electron chi connectivity index (χ1n) is 5.86. The van der Waals surface area contributed by atoms with E-state index in [-0.39, 0.29) is 5.75 Å². The summed E-state index contributed by atoms with van der Waals surface area (Å²) in [4.78, 5) is 0. The fraction of sp³-hybridized carbons (Fsp3) is 1.00. The molecule has 2 aliphatic carbocycles. The third kappa shape index (κ3) is 4.95. The van der Waals surface area contributed by atoms with E-state index in [0.29, 0.717) is 18.5 Å². The van der Waals surface area contributed by atoms with Gasteiger partial charge in [-0.1, -0.05) is 0 Å². The van der Waals surface area contributed by atoms with Crippen molar-refractivity contribution >= 4 is 10.0 Å². The average molecular weight is 232 g/mol. The quantitative estimate of drug-likeness (QED) is 0.598. The van der Waals surface area contributed by atoms with Crippen molar-refractivity contribution in [2.24, 2.45) is 5.92 Å². The van der Waals surface area contributed by atoms with Crippen molar-refractivity contribution in [2.45, 2.75) is 38.1 Å². The van der Waals surface area contributed by atoms with Crippen LogP contribution in [0.2, 0.25) is 0 Å². The molecule has 0 aromatic heterocycles. The smallest absolute Gasteiger partial charge is 0.211 e. The van der Waals surface area contributed by atoms with E-state index in [2.05, 4.69) is 10.0 Å². The summed E-state index contributed by atoms with van der Waals surface area (Å²) in [6.07, 6.45) is 5.60. The Kier molecular flexibility index (Phi) is 3.64. The molecule has 0 bridgehead atoms. The fourth-order valence-electron chi connectivity index (χ4n) is 1.49. The van der Waals surface area contributed by atoms with Gasteiger partial charge in [0, 0.05) is 12.6 Å². The summed E-state index contributed by atoms with van der Waals surface area (Å²) >= 11 is 0. The first-order chi connectivity index (χ1) is 7.16. The second-order valence-corrected chi connectivity index (χ2v) is 6.62. The van der Waals surface area contributed by atoms with Crippen LogP contribution in [-0.2, 0) is 10.0 Å². The van der Waals surface area contributed by atoms with Gasteiger partial charge < -0.3 is 5.32 Å². The Hall–Kier alpha value is -0.130. The third-order valence-electron chi connectivity index (χ3n) is 2.89. The normalized spacial score (nSPS) is 21.9. The monoisotopic (exact) mass is 232 g/mol. The first-order valence-corrected chi connectivity index (χ1v) is 7.52. The van der Waals surface area contributed by atoms with E-state index in [1.165, 1.54) is 25.7 Å². The molecule has 0 aliphatic heterocycles. The van der Waals surface area contributed by atoms with Gasteiger partial charge in [0.15, 0.2) is 0 Å². The van der Waals surface area contributed by atoms with Crippen LogP contribution in [0.15, 0.2) is 0 Å². The van der Waals surface area contributed by atoms with Gasteiger partial charge in [0.1, 0.15) is 0 Å². The SMILES string of the molecule is O=S(=O)(CCCNC1CC1)NCC1CC1. The highest BCUT2D eigenvalue weighted by molar-refractivity contribution is 7.89. The highest BCUT2D eigenvalue weighted by atomic mass is 32.2. The van der Waals surface area contributed by atoms with Crippen LogP contribution in [0.1, 0.15) is 32.1 Å². The maximum atomic E-state index is 11.5. The summed E-state index contributed by atoms with van der Waals surface area (Å²) in [6.45, 7) is 1.48. The van der Waals surface area contributed by atoms with Gasteiger partial charge in [-0.25, -0.2) is 13.1 Å². The molecule has 2 N–H and O–H groups in total. The Balaban J connectivity index is 1.53. The Morgan fingerprint density at radius 1 is 1.13 bits per heavy atom. The van der Waals surface area contributed by atoms with Crippen LogP contribution in [-0.4, -0.2) is 33.3 Å². The number of hydrogen-bond acceptors (Lipinski definition) is 3. The van der Waals surface area contributed by atoms with E-state index in [0.717, 1.165) is 13.0 Å². The molecule has 5 heteroatoms. The van der Waals surface area contributed by atoms with Crippen molar-refractivity contribution in [2.75, 3.05) is 18.8 Å². The molecule has 0 aromatic rings. The zero-order valence-corrected chi connectivity index (χ0v) is 9.85. The van der Waals surface area contributed by atoms with Crippen molar-refractivity contribution in [3.63, 3.8) is 0 Å².